The number of amides is 1. The van der Waals surface area contributed by atoms with Gasteiger partial charge in [-0.2, -0.15) is 5.10 Å². The molecule has 0 radical (unpaired) electrons. The number of hydrogen-bond acceptors (Lipinski definition) is 4. The van der Waals surface area contributed by atoms with E-state index in [0.29, 0.717) is 0 Å². The molecule has 3 aromatic carbocycles. The summed E-state index contributed by atoms with van der Waals surface area (Å²) in [5.41, 5.74) is 3.03. The van der Waals surface area contributed by atoms with Crippen molar-refractivity contribution in [1.29, 1.82) is 0 Å². The van der Waals surface area contributed by atoms with E-state index in [1.807, 2.05) is 0 Å². The molecule has 0 bridgehead atoms. The normalized spacial score (nSPS) is 11.4. The van der Waals surface area contributed by atoms with Crippen molar-refractivity contribution in [2.24, 2.45) is 5.10 Å². The minimum Gasteiger partial charge on any atom is -0.280 e. The summed E-state index contributed by atoms with van der Waals surface area (Å²) in [5.74, 6) is -2.56. The number of nitrogens with one attached hydrogen (secondary N) is 2. The highest BCUT2D eigenvalue weighted by Crippen LogP contribution is 2.19. The van der Waals surface area contributed by atoms with Crippen molar-refractivity contribution in [3.8, 4) is 0 Å². The fraction of sp³-hybridized carbons (Fsp3) is 0. The number of rotatable bonds is 6. The molecule has 0 heterocycles. The van der Waals surface area contributed by atoms with E-state index in [0.717, 1.165) is 16.6 Å². The van der Waals surface area contributed by atoms with Gasteiger partial charge in [0.1, 0.15) is 0 Å². The Morgan fingerprint density at radius 1 is 0.933 bits per heavy atom. The van der Waals surface area contributed by atoms with Gasteiger partial charge in [0.05, 0.1) is 11.1 Å². The van der Waals surface area contributed by atoms with Crippen molar-refractivity contribution < 1.29 is 22.0 Å². The molecular formula is C20H14BrF2N3O3S. The van der Waals surface area contributed by atoms with Crippen LogP contribution in [0.4, 0.5) is 14.5 Å². The number of nitrogens with zero attached hydrogens (tertiary/aromatic N) is 1. The number of carbonyl (C=O) groups excluding carboxylic acids is 1. The van der Waals surface area contributed by atoms with Crippen molar-refractivity contribution in [2.75, 3.05) is 4.72 Å². The standard InChI is InChI=1S/C20H14BrF2N3O3S/c21-15-4-8-17(9-5-15)30(28,29)26-16-6-2-14(3-7-16)20(27)25-24-12-13-1-10-18(22)19(23)11-13/h1-12,26H,(H,25,27)/b24-12+. The smallest absolute Gasteiger partial charge is 0.271 e. The first-order valence-electron chi connectivity index (χ1n) is 8.41. The Bertz CT molecular complexity index is 1200. The molecule has 3 rings (SSSR count). The van der Waals surface area contributed by atoms with Crippen LogP contribution < -0.4 is 10.1 Å². The lowest BCUT2D eigenvalue weighted by molar-refractivity contribution is 0.0955. The predicted molar refractivity (Wildman–Crippen MR) is 113 cm³/mol. The van der Waals surface area contributed by atoms with Crippen molar-refractivity contribution >= 4 is 43.8 Å². The van der Waals surface area contributed by atoms with Crippen LogP contribution in [0, 0.1) is 11.6 Å². The van der Waals surface area contributed by atoms with Gasteiger partial charge in [0, 0.05) is 15.7 Å². The molecule has 0 aliphatic heterocycles. The summed E-state index contributed by atoms with van der Waals surface area (Å²) in [6.45, 7) is 0. The number of anilines is 1. The summed E-state index contributed by atoms with van der Waals surface area (Å²) in [4.78, 5) is 12.2. The first-order valence-corrected chi connectivity index (χ1v) is 10.7. The van der Waals surface area contributed by atoms with Crippen LogP contribution in [0.1, 0.15) is 15.9 Å². The molecule has 0 aromatic heterocycles. The molecule has 0 spiro atoms. The molecule has 6 nitrogen and oxygen atoms in total. The van der Waals surface area contributed by atoms with Gasteiger partial charge >= 0.3 is 0 Å². The van der Waals surface area contributed by atoms with E-state index in [1.165, 1.54) is 48.7 Å². The van der Waals surface area contributed by atoms with Gasteiger partial charge in [-0.15, -0.1) is 0 Å². The predicted octanol–water partition coefficient (Wildman–Crippen LogP) is 4.29. The fourth-order valence-corrected chi connectivity index (χ4v) is 3.66. The lowest BCUT2D eigenvalue weighted by Gasteiger charge is -2.09. The number of carbonyl (C=O) groups is 1. The van der Waals surface area contributed by atoms with E-state index < -0.39 is 27.6 Å². The van der Waals surface area contributed by atoms with Crippen LogP contribution in [0.25, 0.3) is 0 Å². The molecule has 2 N–H and O–H groups in total. The van der Waals surface area contributed by atoms with E-state index >= 15 is 0 Å². The minimum absolute atomic E-state index is 0.0964. The Labute approximate surface area is 179 Å². The van der Waals surface area contributed by atoms with Crippen LogP contribution in [0.3, 0.4) is 0 Å². The third-order valence-electron chi connectivity index (χ3n) is 3.85. The summed E-state index contributed by atoms with van der Waals surface area (Å²) in [6, 6.07) is 15.0. The van der Waals surface area contributed by atoms with Gasteiger partial charge in [-0.25, -0.2) is 22.6 Å². The summed E-state index contributed by atoms with van der Waals surface area (Å²) < 4.78 is 54.0. The topological polar surface area (TPSA) is 87.6 Å². The third-order valence-corrected chi connectivity index (χ3v) is 5.77. The Balaban J connectivity index is 1.63. The van der Waals surface area contributed by atoms with Crippen molar-refractivity contribution in [2.45, 2.75) is 4.90 Å². The summed E-state index contributed by atoms with van der Waals surface area (Å²) in [5, 5.41) is 3.69. The number of sulfonamides is 1. The van der Waals surface area contributed by atoms with Gasteiger partial charge in [0.25, 0.3) is 15.9 Å². The highest BCUT2D eigenvalue weighted by molar-refractivity contribution is 9.10. The molecule has 30 heavy (non-hydrogen) atoms. The largest absolute Gasteiger partial charge is 0.280 e. The second-order valence-electron chi connectivity index (χ2n) is 6.01. The molecule has 0 unspecified atom stereocenters. The quantitative estimate of drug-likeness (QED) is 0.396. The Kier molecular flexibility index (Phi) is 6.58. The second kappa shape index (κ2) is 9.14. The molecule has 10 heteroatoms. The number of halogens is 3. The first-order chi connectivity index (χ1) is 14.2. The summed E-state index contributed by atoms with van der Waals surface area (Å²) in [7, 11) is -3.77. The summed E-state index contributed by atoms with van der Waals surface area (Å²) in [6.07, 6.45) is 1.17. The van der Waals surface area contributed by atoms with Crippen LogP contribution in [0.2, 0.25) is 0 Å². The van der Waals surface area contributed by atoms with Gasteiger partial charge in [0.15, 0.2) is 11.6 Å². The number of hydrogen-bond donors (Lipinski definition) is 2. The van der Waals surface area contributed by atoms with Crippen LogP contribution in [-0.2, 0) is 10.0 Å². The lowest BCUT2D eigenvalue weighted by Crippen LogP contribution is -2.18. The maximum absolute atomic E-state index is 13.1. The Morgan fingerprint density at radius 3 is 2.23 bits per heavy atom. The van der Waals surface area contributed by atoms with Gasteiger partial charge in [-0.1, -0.05) is 22.0 Å². The van der Waals surface area contributed by atoms with Gasteiger partial charge < -0.3 is 0 Å². The maximum atomic E-state index is 13.1. The van der Waals surface area contributed by atoms with Crippen molar-refractivity contribution in [3.63, 3.8) is 0 Å². The van der Waals surface area contributed by atoms with Crippen LogP contribution in [-0.4, -0.2) is 20.5 Å². The first kappa shape index (κ1) is 21.6. The van der Waals surface area contributed by atoms with Crippen LogP contribution in [0.5, 0.6) is 0 Å². The van der Waals surface area contributed by atoms with E-state index in [4.69, 9.17) is 0 Å². The number of benzene rings is 3. The SMILES string of the molecule is O=C(N/N=C/c1ccc(F)c(F)c1)c1ccc(NS(=O)(=O)c2ccc(Br)cc2)cc1. The zero-order valence-electron chi connectivity index (χ0n) is 15.1. The average molecular weight is 494 g/mol. The van der Waals surface area contributed by atoms with Gasteiger partial charge in [-0.3, -0.25) is 9.52 Å². The van der Waals surface area contributed by atoms with Gasteiger partial charge in [0.2, 0.25) is 0 Å². The Morgan fingerprint density at radius 2 is 1.60 bits per heavy atom. The van der Waals surface area contributed by atoms with E-state index in [2.05, 4.69) is 31.2 Å². The average Bonchev–Trinajstić information content (AvgIpc) is 2.71. The molecule has 0 aliphatic rings. The zero-order valence-corrected chi connectivity index (χ0v) is 17.5. The third kappa shape index (κ3) is 5.49. The molecule has 0 saturated carbocycles. The molecular weight excluding hydrogens is 480 g/mol. The monoisotopic (exact) mass is 493 g/mol. The molecule has 0 aliphatic carbocycles. The number of hydrazone groups is 1. The Hall–Kier alpha value is -3.11. The minimum atomic E-state index is -3.77. The molecule has 0 atom stereocenters. The van der Waals surface area contributed by atoms with Crippen LogP contribution >= 0.6 is 15.9 Å². The molecule has 154 valence electrons. The van der Waals surface area contributed by atoms with Crippen LogP contribution in [0.15, 0.2) is 81.2 Å². The van der Waals surface area contributed by atoms with E-state index in [9.17, 15) is 22.0 Å². The van der Waals surface area contributed by atoms with Crippen molar-refractivity contribution in [1.82, 2.24) is 5.43 Å². The maximum Gasteiger partial charge on any atom is 0.271 e. The van der Waals surface area contributed by atoms with Crippen molar-refractivity contribution in [3.05, 3.63) is 94.0 Å². The second-order valence-corrected chi connectivity index (χ2v) is 8.61. The fourth-order valence-electron chi connectivity index (χ4n) is 2.34. The van der Waals surface area contributed by atoms with E-state index in [1.54, 1.807) is 12.1 Å². The van der Waals surface area contributed by atoms with E-state index in [-0.39, 0.29) is 21.7 Å². The molecule has 3 aromatic rings. The molecule has 0 saturated heterocycles. The zero-order chi connectivity index (χ0) is 21.7. The highest BCUT2D eigenvalue weighted by Gasteiger charge is 2.14. The van der Waals surface area contributed by atoms with Gasteiger partial charge in [-0.05, 0) is 66.2 Å². The molecule has 1 amide bonds. The highest BCUT2D eigenvalue weighted by atomic mass is 79.9. The summed E-state index contributed by atoms with van der Waals surface area (Å²) >= 11 is 3.24. The lowest BCUT2D eigenvalue weighted by atomic mass is 10.2. The molecule has 0 fully saturated rings.